The second-order valence-electron chi connectivity index (χ2n) is 7.14. The fourth-order valence-electron chi connectivity index (χ4n) is 4.19. The Labute approximate surface area is 150 Å². The molecule has 2 aromatic heterocycles. The van der Waals surface area contributed by atoms with Crippen LogP contribution in [0.4, 0.5) is 10.2 Å². The summed E-state index contributed by atoms with van der Waals surface area (Å²) in [4.78, 5) is 19.3. The summed E-state index contributed by atoms with van der Waals surface area (Å²) < 4.78 is 19.6. The molecule has 2 aromatic rings. The highest BCUT2D eigenvalue weighted by Crippen LogP contribution is 2.40. The second-order valence-corrected chi connectivity index (χ2v) is 7.14. The second kappa shape index (κ2) is 5.98. The van der Waals surface area contributed by atoms with Crippen molar-refractivity contribution < 1.29 is 9.13 Å². The van der Waals surface area contributed by atoms with Crippen LogP contribution in [0.25, 0.3) is 11.3 Å². The molecule has 7 nitrogen and oxygen atoms in total. The molecule has 2 bridgehead atoms. The molecule has 1 spiro atoms. The summed E-state index contributed by atoms with van der Waals surface area (Å²) in [6, 6.07) is 3.63. The zero-order valence-corrected chi connectivity index (χ0v) is 14.2. The first-order chi connectivity index (χ1) is 12.7. The summed E-state index contributed by atoms with van der Waals surface area (Å²) in [5.74, 6) is 0.731. The first-order valence-corrected chi connectivity index (χ1v) is 8.86. The minimum atomic E-state index is -0.400. The number of pyridine rings is 1. The molecule has 0 unspecified atom stereocenters. The van der Waals surface area contributed by atoms with Crippen LogP contribution < -0.4 is 5.32 Å². The van der Waals surface area contributed by atoms with Crippen LogP contribution in [0.15, 0.2) is 35.8 Å². The van der Waals surface area contributed by atoms with E-state index in [2.05, 4.69) is 30.2 Å². The molecule has 6 rings (SSSR count). The Morgan fingerprint density at radius 2 is 2.08 bits per heavy atom. The molecule has 4 aliphatic heterocycles. The van der Waals surface area contributed by atoms with Gasteiger partial charge in [0.1, 0.15) is 23.6 Å². The molecule has 0 aromatic carbocycles. The van der Waals surface area contributed by atoms with Gasteiger partial charge in [0.15, 0.2) is 0 Å². The lowest BCUT2D eigenvalue weighted by atomic mass is 9.75. The number of anilines is 1. The number of fused-ring (bicyclic) bond motifs is 2. The van der Waals surface area contributed by atoms with Gasteiger partial charge in [0, 0.05) is 30.3 Å². The number of amidine groups is 1. The highest BCUT2D eigenvalue weighted by atomic mass is 19.1. The summed E-state index contributed by atoms with van der Waals surface area (Å²) in [5, 5.41) is 3.14. The molecule has 1 N–H and O–H groups in total. The number of hydrogen-bond acceptors (Lipinski definition) is 7. The number of piperidine rings is 3. The van der Waals surface area contributed by atoms with E-state index in [0.717, 1.165) is 25.8 Å². The van der Waals surface area contributed by atoms with Crippen molar-refractivity contribution in [1.29, 1.82) is 0 Å². The molecular formula is C18H19FN6O. The molecule has 1 atom stereocenters. The fraction of sp³-hybridized carbons (Fsp3) is 0.444. The summed E-state index contributed by atoms with van der Waals surface area (Å²) in [7, 11) is 0. The Kier molecular flexibility index (Phi) is 3.59. The van der Waals surface area contributed by atoms with Crippen molar-refractivity contribution in [3.8, 4) is 11.3 Å². The number of halogens is 1. The molecule has 3 saturated heterocycles. The van der Waals surface area contributed by atoms with Gasteiger partial charge in [-0.2, -0.15) is 0 Å². The van der Waals surface area contributed by atoms with E-state index in [1.807, 2.05) is 0 Å². The predicted molar refractivity (Wildman–Crippen MR) is 94.1 cm³/mol. The topological polar surface area (TPSA) is 75.5 Å². The number of hydrogen-bond donors (Lipinski definition) is 1. The van der Waals surface area contributed by atoms with E-state index in [1.165, 1.54) is 25.2 Å². The number of ether oxygens (including phenoxy) is 1. The van der Waals surface area contributed by atoms with Gasteiger partial charge in [-0.05, 0) is 32.0 Å². The summed E-state index contributed by atoms with van der Waals surface area (Å²) >= 11 is 0. The number of aromatic nitrogens is 3. The van der Waals surface area contributed by atoms with Gasteiger partial charge in [0.05, 0.1) is 18.4 Å². The molecule has 3 fully saturated rings. The third-order valence-electron chi connectivity index (χ3n) is 5.52. The molecule has 134 valence electrons. The van der Waals surface area contributed by atoms with E-state index in [4.69, 9.17) is 4.74 Å². The van der Waals surface area contributed by atoms with Gasteiger partial charge in [-0.1, -0.05) is 0 Å². The molecule has 0 amide bonds. The Morgan fingerprint density at radius 1 is 1.19 bits per heavy atom. The predicted octanol–water partition coefficient (Wildman–Crippen LogP) is 1.94. The van der Waals surface area contributed by atoms with Crippen molar-refractivity contribution in [3.05, 3.63) is 36.7 Å². The molecule has 0 saturated carbocycles. The molecule has 8 heteroatoms. The molecular weight excluding hydrogens is 335 g/mol. The minimum Gasteiger partial charge on any atom is -0.455 e. The largest absolute Gasteiger partial charge is 0.455 e. The van der Waals surface area contributed by atoms with Crippen molar-refractivity contribution >= 4 is 11.8 Å². The van der Waals surface area contributed by atoms with Gasteiger partial charge >= 0.3 is 0 Å². The maximum Gasteiger partial charge on any atom is 0.291 e. The first kappa shape index (κ1) is 15.6. The monoisotopic (exact) mass is 354 g/mol. The van der Waals surface area contributed by atoms with E-state index >= 15 is 0 Å². The van der Waals surface area contributed by atoms with Gasteiger partial charge in [-0.25, -0.2) is 19.4 Å². The Hall–Kier alpha value is -2.61. The maximum absolute atomic E-state index is 13.4. The number of aliphatic imine (C=N–C) groups is 1. The Balaban J connectivity index is 1.32. The molecule has 6 heterocycles. The van der Waals surface area contributed by atoms with E-state index in [-0.39, 0.29) is 5.60 Å². The van der Waals surface area contributed by atoms with Gasteiger partial charge in [0.2, 0.25) is 0 Å². The van der Waals surface area contributed by atoms with Crippen LogP contribution in [0.1, 0.15) is 12.8 Å². The summed E-state index contributed by atoms with van der Waals surface area (Å²) in [5.41, 5.74) is 0.991. The average molecular weight is 354 g/mol. The van der Waals surface area contributed by atoms with Crippen LogP contribution >= 0.6 is 0 Å². The maximum atomic E-state index is 13.4. The van der Waals surface area contributed by atoms with E-state index in [9.17, 15) is 4.39 Å². The molecule has 0 aliphatic carbocycles. The van der Waals surface area contributed by atoms with Crippen LogP contribution in [0.5, 0.6) is 0 Å². The van der Waals surface area contributed by atoms with Gasteiger partial charge in [-0.15, -0.1) is 0 Å². The van der Waals surface area contributed by atoms with Gasteiger partial charge in [0.25, 0.3) is 6.02 Å². The van der Waals surface area contributed by atoms with Crippen LogP contribution in [0, 0.1) is 11.7 Å². The zero-order chi connectivity index (χ0) is 17.6. The molecule has 0 radical (unpaired) electrons. The van der Waals surface area contributed by atoms with Crippen molar-refractivity contribution in [2.45, 2.75) is 18.4 Å². The average Bonchev–Trinajstić information content (AvgIpc) is 3.05. The van der Waals surface area contributed by atoms with Crippen LogP contribution in [-0.2, 0) is 4.74 Å². The van der Waals surface area contributed by atoms with Gasteiger partial charge < -0.3 is 4.74 Å². The zero-order valence-electron chi connectivity index (χ0n) is 14.2. The standard InChI is InChI=1S/C18H19FN6O/c19-14-5-12(7-20-8-14)15-6-16(23-11-22-15)24-17-21-9-18(26-17)10-25-3-1-13(18)2-4-25/h5-8,11,13H,1-4,9-10H2,(H,21,22,23,24)/t18-/m0/s1. The number of rotatable bonds is 2. The lowest BCUT2D eigenvalue weighted by molar-refractivity contribution is -0.0829. The Bertz CT molecular complexity index is 866. The van der Waals surface area contributed by atoms with Crippen LogP contribution in [0.2, 0.25) is 0 Å². The third kappa shape index (κ3) is 2.70. The Morgan fingerprint density at radius 3 is 2.85 bits per heavy atom. The smallest absolute Gasteiger partial charge is 0.291 e. The van der Waals surface area contributed by atoms with Crippen LogP contribution in [0.3, 0.4) is 0 Å². The SMILES string of the molecule is Fc1cncc(-c2cc(NC3=NC[C@@]4(CN5CCC4CC5)O3)ncn2)c1. The van der Waals surface area contributed by atoms with E-state index < -0.39 is 5.82 Å². The van der Waals surface area contributed by atoms with E-state index in [1.54, 1.807) is 12.3 Å². The highest BCUT2D eigenvalue weighted by molar-refractivity contribution is 5.90. The van der Waals surface area contributed by atoms with Crippen molar-refractivity contribution in [2.75, 3.05) is 31.5 Å². The van der Waals surface area contributed by atoms with Crippen molar-refractivity contribution in [2.24, 2.45) is 10.9 Å². The normalized spacial score (nSPS) is 29.5. The minimum absolute atomic E-state index is 0.193. The first-order valence-electron chi connectivity index (χ1n) is 8.86. The highest BCUT2D eigenvalue weighted by Gasteiger charge is 2.51. The molecule has 4 aliphatic rings. The number of nitrogens with one attached hydrogen (secondary N) is 1. The quantitative estimate of drug-likeness (QED) is 0.888. The number of nitrogens with zero attached hydrogens (tertiary/aromatic N) is 5. The summed E-state index contributed by atoms with van der Waals surface area (Å²) in [6.45, 7) is 3.95. The third-order valence-corrected chi connectivity index (χ3v) is 5.52. The fourth-order valence-corrected chi connectivity index (χ4v) is 4.19. The molecule has 26 heavy (non-hydrogen) atoms. The van der Waals surface area contributed by atoms with E-state index in [0.29, 0.717) is 35.6 Å². The summed E-state index contributed by atoms with van der Waals surface area (Å²) in [6.07, 6.45) is 6.52. The van der Waals surface area contributed by atoms with Gasteiger partial charge in [-0.3, -0.25) is 15.2 Å². The van der Waals surface area contributed by atoms with Crippen LogP contribution in [-0.4, -0.2) is 57.7 Å². The lowest BCUT2D eigenvalue weighted by Gasteiger charge is -2.50. The lowest BCUT2D eigenvalue weighted by Crippen LogP contribution is -2.61. The van der Waals surface area contributed by atoms with Crippen molar-refractivity contribution in [3.63, 3.8) is 0 Å². The van der Waals surface area contributed by atoms with Crippen molar-refractivity contribution in [1.82, 2.24) is 19.9 Å².